The Morgan fingerprint density at radius 3 is 2.74 bits per heavy atom. The zero-order valence-electron chi connectivity index (χ0n) is 17.0. The van der Waals surface area contributed by atoms with Crippen molar-refractivity contribution in [1.29, 1.82) is 0 Å². The van der Waals surface area contributed by atoms with E-state index in [9.17, 15) is 0 Å². The highest BCUT2D eigenvalue weighted by atomic mass is 32.1. The van der Waals surface area contributed by atoms with Crippen molar-refractivity contribution in [3.8, 4) is 5.88 Å². The van der Waals surface area contributed by atoms with Crippen molar-refractivity contribution in [3.05, 3.63) is 40.8 Å². The molecule has 3 rings (SSSR count). The van der Waals surface area contributed by atoms with E-state index >= 15 is 0 Å². The standard InChI is InChI=1S/C20H30N4O2.H2S/c1-14-8-17(10-20(21-14)26-5)9-16-6-7-24(12-16)15(2)19-11-18(13-25-4)23(3)22-19;/h8,10-11,15-16H,6-7,9,12-13H2,1-5H3;1H2/t15?,16-;/m0./s1. The molecule has 3 heterocycles. The summed E-state index contributed by atoms with van der Waals surface area (Å²) < 4.78 is 12.5. The Labute approximate surface area is 169 Å². The van der Waals surface area contributed by atoms with Gasteiger partial charge in [-0.3, -0.25) is 9.58 Å². The van der Waals surface area contributed by atoms with Gasteiger partial charge in [0.15, 0.2) is 0 Å². The summed E-state index contributed by atoms with van der Waals surface area (Å²) in [5.74, 6) is 1.37. The molecule has 0 aliphatic carbocycles. The van der Waals surface area contributed by atoms with Crippen LogP contribution in [0.15, 0.2) is 18.2 Å². The third-order valence-electron chi connectivity index (χ3n) is 5.30. The Morgan fingerprint density at radius 2 is 2.04 bits per heavy atom. The lowest BCUT2D eigenvalue weighted by molar-refractivity contribution is 0.178. The molecule has 2 atom stereocenters. The zero-order chi connectivity index (χ0) is 18.7. The number of likely N-dealkylation sites (tertiary alicyclic amines) is 1. The number of aromatic nitrogens is 3. The van der Waals surface area contributed by atoms with Crippen LogP contribution in [-0.2, 0) is 24.8 Å². The van der Waals surface area contributed by atoms with Gasteiger partial charge in [-0.2, -0.15) is 18.6 Å². The molecule has 0 N–H and O–H groups in total. The number of nitrogens with zero attached hydrogens (tertiary/aromatic N) is 4. The first-order valence-electron chi connectivity index (χ1n) is 9.27. The second-order valence-electron chi connectivity index (χ2n) is 7.31. The Balaban J connectivity index is 0.00000261. The van der Waals surface area contributed by atoms with E-state index in [1.165, 1.54) is 12.0 Å². The SMILES string of the molecule is COCc1cc(C(C)N2CC[C@@H](Cc3cc(C)nc(OC)c3)C2)nn1C.S. The molecule has 0 amide bonds. The normalized spacial score (nSPS) is 18.3. The van der Waals surface area contributed by atoms with Crippen LogP contribution in [0.2, 0.25) is 0 Å². The van der Waals surface area contributed by atoms with Gasteiger partial charge in [0.25, 0.3) is 0 Å². The van der Waals surface area contributed by atoms with Gasteiger partial charge in [-0.1, -0.05) is 0 Å². The topological polar surface area (TPSA) is 52.4 Å². The number of hydrogen-bond acceptors (Lipinski definition) is 5. The van der Waals surface area contributed by atoms with Crippen LogP contribution >= 0.6 is 13.5 Å². The summed E-state index contributed by atoms with van der Waals surface area (Å²) in [6.45, 7) is 7.08. The van der Waals surface area contributed by atoms with Gasteiger partial charge >= 0.3 is 0 Å². The maximum atomic E-state index is 5.31. The van der Waals surface area contributed by atoms with Gasteiger partial charge in [0.2, 0.25) is 5.88 Å². The first-order chi connectivity index (χ1) is 12.5. The summed E-state index contributed by atoms with van der Waals surface area (Å²) in [4.78, 5) is 6.92. The highest BCUT2D eigenvalue weighted by Gasteiger charge is 2.28. The molecule has 0 radical (unpaired) electrons. The van der Waals surface area contributed by atoms with Crippen LogP contribution in [0.3, 0.4) is 0 Å². The Kier molecular flexibility index (Phi) is 7.70. The number of aryl methyl sites for hydroxylation is 2. The number of hydrogen-bond donors (Lipinski definition) is 0. The molecule has 1 unspecified atom stereocenters. The number of pyridine rings is 1. The molecule has 7 heteroatoms. The smallest absolute Gasteiger partial charge is 0.213 e. The fourth-order valence-corrected chi connectivity index (χ4v) is 3.85. The first kappa shape index (κ1) is 21.7. The highest BCUT2D eigenvalue weighted by Crippen LogP contribution is 2.29. The molecule has 0 bridgehead atoms. The fraction of sp³-hybridized carbons (Fsp3) is 0.600. The molecule has 1 aliphatic heterocycles. The average Bonchev–Trinajstić information content (AvgIpc) is 3.21. The molecule has 0 aromatic carbocycles. The maximum absolute atomic E-state index is 5.31. The van der Waals surface area contributed by atoms with Crippen LogP contribution in [-0.4, -0.2) is 47.0 Å². The Bertz CT molecular complexity index is 750. The van der Waals surface area contributed by atoms with Crippen LogP contribution in [0.25, 0.3) is 0 Å². The molecule has 6 nitrogen and oxygen atoms in total. The van der Waals surface area contributed by atoms with Crippen LogP contribution in [0.4, 0.5) is 0 Å². The second-order valence-corrected chi connectivity index (χ2v) is 7.31. The van der Waals surface area contributed by atoms with Gasteiger partial charge in [0.1, 0.15) is 0 Å². The molecule has 27 heavy (non-hydrogen) atoms. The minimum atomic E-state index is 0. The molecular weight excluding hydrogens is 360 g/mol. The molecule has 1 aliphatic rings. The fourth-order valence-electron chi connectivity index (χ4n) is 3.85. The predicted molar refractivity (Wildman–Crippen MR) is 112 cm³/mol. The molecule has 1 fully saturated rings. The molecule has 2 aromatic heterocycles. The van der Waals surface area contributed by atoms with Crippen LogP contribution < -0.4 is 4.74 Å². The third-order valence-corrected chi connectivity index (χ3v) is 5.30. The van der Waals surface area contributed by atoms with E-state index in [2.05, 4.69) is 40.1 Å². The van der Waals surface area contributed by atoms with E-state index in [1.54, 1.807) is 14.2 Å². The lowest BCUT2D eigenvalue weighted by Crippen LogP contribution is -2.25. The summed E-state index contributed by atoms with van der Waals surface area (Å²) in [6, 6.07) is 6.73. The quantitative estimate of drug-likeness (QED) is 0.725. The third kappa shape index (κ3) is 5.24. The van der Waals surface area contributed by atoms with Crippen molar-refractivity contribution >= 4 is 13.5 Å². The largest absolute Gasteiger partial charge is 0.481 e. The van der Waals surface area contributed by atoms with E-state index in [1.807, 2.05) is 18.7 Å². The minimum Gasteiger partial charge on any atom is -0.481 e. The Hall–Kier alpha value is -1.57. The Morgan fingerprint density at radius 1 is 1.26 bits per heavy atom. The van der Waals surface area contributed by atoms with Gasteiger partial charge in [-0.15, -0.1) is 0 Å². The summed E-state index contributed by atoms with van der Waals surface area (Å²) in [5, 5.41) is 4.69. The van der Waals surface area contributed by atoms with Crippen LogP contribution in [0.1, 0.15) is 42.0 Å². The van der Waals surface area contributed by atoms with Crippen LogP contribution in [0.5, 0.6) is 5.88 Å². The molecule has 0 saturated carbocycles. The summed E-state index contributed by atoms with van der Waals surface area (Å²) in [5.41, 5.74) is 4.57. The monoisotopic (exact) mass is 392 g/mol. The molecule has 150 valence electrons. The van der Waals surface area contributed by atoms with Gasteiger partial charge in [0, 0.05) is 32.5 Å². The van der Waals surface area contributed by atoms with Crippen molar-refractivity contribution in [1.82, 2.24) is 19.7 Å². The summed E-state index contributed by atoms with van der Waals surface area (Å²) >= 11 is 0. The lowest BCUT2D eigenvalue weighted by Gasteiger charge is -2.22. The van der Waals surface area contributed by atoms with Crippen LogP contribution in [0, 0.1) is 12.8 Å². The first-order valence-corrected chi connectivity index (χ1v) is 9.27. The number of methoxy groups -OCH3 is 2. The average molecular weight is 393 g/mol. The van der Waals surface area contributed by atoms with Gasteiger partial charge < -0.3 is 9.47 Å². The zero-order valence-corrected chi connectivity index (χ0v) is 18.0. The van der Waals surface area contributed by atoms with E-state index in [4.69, 9.17) is 9.47 Å². The van der Waals surface area contributed by atoms with Crippen molar-refractivity contribution in [2.45, 2.75) is 39.3 Å². The van der Waals surface area contributed by atoms with E-state index in [-0.39, 0.29) is 13.5 Å². The lowest BCUT2D eigenvalue weighted by atomic mass is 9.99. The van der Waals surface area contributed by atoms with Gasteiger partial charge in [0.05, 0.1) is 31.1 Å². The maximum Gasteiger partial charge on any atom is 0.213 e. The highest BCUT2D eigenvalue weighted by molar-refractivity contribution is 7.59. The number of rotatable bonds is 7. The summed E-state index contributed by atoms with van der Waals surface area (Å²) in [7, 11) is 5.38. The van der Waals surface area contributed by atoms with E-state index in [0.29, 0.717) is 24.4 Å². The van der Waals surface area contributed by atoms with E-state index in [0.717, 1.165) is 36.6 Å². The van der Waals surface area contributed by atoms with Crippen molar-refractivity contribution in [2.24, 2.45) is 13.0 Å². The summed E-state index contributed by atoms with van der Waals surface area (Å²) in [6.07, 6.45) is 2.28. The van der Waals surface area contributed by atoms with Crippen molar-refractivity contribution < 1.29 is 9.47 Å². The van der Waals surface area contributed by atoms with Gasteiger partial charge in [-0.05, 0) is 56.8 Å². The molecule has 1 saturated heterocycles. The van der Waals surface area contributed by atoms with Crippen molar-refractivity contribution in [2.75, 3.05) is 27.3 Å². The molecule has 0 spiro atoms. The van der Waals surface area contributed by atoms with Gasteiger partial charge in [-0.25, -0.2) is 4.98 Å². The number of ether oxygens (including phenoxy) is 2. The van der Waals surface area contributed by atoms with Crippen molar-refractivity contribution in [3.63, 3.8) is 0 Å². The van der Waals surface area contributed by atoms with E-state index < -0.39 is 0 Å². The second kappa shape index (κ2) is 9.57. The predicted octanol–water partition coefficient (Wildman–Crippen LogP) is 3.02. The minimum absolute atomic E-state index is 0. The molecular formula is C20H32N4O2S. The molecule has 2 aromatic rings.